The highest BCUT2D eigenvalue weighted by Crippen LogP contribution is 2.26. The third-order valence-electron chi connectivity index (χ3n) is 2.44. The molecule has 0 aliphatic carbocycles. The van der Waals surface area contributed by atoms with Crippen LogP contribution < -0.4 is 0 Å². The zero-order valence-electron chi connectivity index (χ0n) is 8.80. The Morgan fingerprint density at radius 2 is 2.50 bits per heavy atom. The Morgan fingerprint density at radius 1 is 1.62 bits per heavy atom. The van der Waals surface area contributed by atoms with E-state index in [1.165, 1.54) is 0 Å². The summed E-state index contributed by atoms with van der Waals surface area (Å²) < 4.78 is 10.4. The first kappa shape index (κ1) is 11.0. The van der Waals surface area contributed by atoms with Gasteiger partial charge in [-0.25, -0.2) is 0 Å². The van der Waals surface area contributed by atoms with Gasteiger partial charge in [-0.3, -0.25) is 0 Å². The van der Waals surface area contributed by atoms with Crippen molar-refractivity contribution in [3.05, 3.63) is 11.7 Å². The minimum Gasteiger partial charge on any atom is -0.392 e. The van der Waals surface area contributed by atoms with Gasteiger partial charge in [-0.05, 0) is 12.8 Å². The predicted octanol–water partition coefficient (Wildman–Crippen LogP) is 0.738. The summed E-state index contributed by atoms with van der Waals surface area (Å²) in [7, 11) is 0. The van der Waals surface area contributed by atoms with Crippen LogP contribution in [-0.4, -0.2) is 28.0 Å². The zero-order valence-corrected chi connectivity index (χ0v) is 8.80. The summed E-state index contributed by atoms with van der Waals surface area (Å²) in [5.74, 6) is 0.893. The van der Waals surface area contributed by atoms with Crippen LogP contribution in [0.25, 0.3) is 0 Å². The Balaban J connectivity index is 1.94. The number of aliphatic hydroxyl groups is 1. The van der Waals surface area contributed by atoms with E-state index in [0.717, 1.165) is 19.4 Å². The predicted molar refractivity (Wildman–Crippen MR) is 52.2 cm³/mol. The van der Waals surface area contributed by atoms with Crippen molar-refractivity contribution in [1.29, 1.82) is 5.26 Å². The highest BCUT2D eigenvalue weighted by atomic mass is 16.5. The van der Waals surface area contributed by atoms with Gasteiger partial charge in [-0.15, -0.1) is 0 Å². The SMILES string of the molecule is N#CCC(O)Cc1nc(C2CCCO2)no1. The molecule has 16 heavy (non-hydrogen) atoms. The number of aromatic nitrogens is 2. The van der Waals surface area contributed by atoms with Gasteiger partial charge in [0.25, 0.3) is 0 Å². The largest absolute Gasteiger partial charge is 0.392 e. The van der Waals surface area contributed by atoms with Crippen LogP contribution in [0.2, 0.25) is 0 Å². The smallest absolute Gasteiger partial charge is 0.229 e. The Morgan fingerprint density at radius 3 is 3.19 bits per heavy atom. The van der Waals surface area contributed by atoms with Crippen LogP contribution in [0.1, 0.15) is 37.1 Å². The molecule has 0 radical (unpaired) electrons. The number of nitriles is 1. The molecule has 2 unspecified atom stereocenters. The molecule has 86 valence electrons. The molecule has 1 fully saturated rings. The lowest BCUT2D eigenvalue weighted by molar-refractivity contribution is 0.103. The van der Waals surface area contributed by atoms with Crippen molar-refractivity contribution in [3.8, 4) is 6.07 Å². The Labute approximate surface area is 92.8 Å². The van der Waals surface area contributed by atoms with Gasteiger partial charge in [0.1, 0.15) is 6.10 Å². The number of nitrogens with zero attached hydrogens (tertiary/aromatic N) is 3. The summed E-state index contributed by atoms with van der Waals surface area (Å²) in [5.41, 5.74) is 0. The molecule has 0 saturated carbocycles. The first-order valence-electron chi connectivity index (χ1n) is 5.28. The normalized spacial score (nSPS) is 21.9. The minimum absolute atomic E-state index is 0.0671. The Kier molecular flexibility index (Phi) is 3.49. The zero-order chi connectivity index (χ0) is 11.4. The van der Waals surface area contributed by atoms with Gasteiger partial charge in [0.15, 0.2) is 0 Å². The molecule has 1 aromatic heterocycles. The molecule has 0 spiro atoms. The fraction of sp³-hybridized carbons (Fsp3) is 0.700. The second-order valence-corrected chi connectivity index (χ2v) is 3.77. The molecule has 1 aromatic rings. The maximum Gasteiger partial charge on any atom is 0.229 e. The molecule has 2 rings (SSSR count). The van der Waals surface area contributed by atoms with Crippen LogP contribution in [0, 0.1) is 11.3 Å². The molecule has 1 N–H and O–H groups in total. The average molecular weight is 223 g/mol. The van der Waals surface area contributed by atoms with Gasteiger partial charge in [-0.2, -0.15) is 10.2 Å². The van der Waals surface area contributed by atoms with Gasteiger partial charge in [0, 0.05) is 6.61 Å². The van der Waals surface area contributed by atoms with E-state index in [-0.39, 0.29) is 18.9 Å². The molecule has 1 aliphatic heterocycles. The molecule has 2 heterocycles. The number of ether oxygens (including phenoxy) is 1. The van der Waals surface area contributed by atoms with Crippen molar-refractivity contribution in [3.63, 3.8) is 0 Å². The second kappa shape index (κ2) is 5.05. The molecular formula is C10H13N3O3. The average Bonchev–Trinajstić information content (AvgIpc) is 2.86. The molecule has 1 aliphatic rings. The third kappa shape index (κ3) is 2.56. The Bertz CT molecular complexity index is 379. The quantitative estimate of drug-likeness (QED) is 0.809. The standard InChI is InChI=1S/C10H13N3O3/c11-4-3-7(14)6-9-12-10(13-16-9)8-2-1-5-15-8/h7-8,14H,1-3,5-6H2. The molecule has 0 amide bonds. The molecule has 0 bridgehead atoms. The van der Waals surface area contributed by atoms with Gasteiger partial charge in [0.05, 0.1) is 25.0 Å². The van der Waals surface area contributed by atoms with Crippen molar-refractivity contribution in [2.45, 2.75) is 37.9 Å². The van der Waals surface area contributed by atoms with E-state index >= 15 is 0 Å². The monoisotopic (exact) mass is 223 g/mol. The van der Waals surface area contributed by atoms with Gasteiger partial charge in [-0.1, -0.05) is 5.16 Å². The van der Waals surface area contributed by atoms with E-state index in [0.29, 0.717) is 11.7 Å². The van der Waals surface area contributed by atoms with Gasteiger partial charge < -0.3 is 14.4 Å². The van der Waals surface area contributed by atoms with Crippen LogP contribution in [0.3, 0.4) is 0 Å². The lowest BCUT2D eigenvalue weighted by Gasteiger charge is -2.01. The van der Waals surface area contributed by atoms with E-state index in [2.05, 4.69) is 10.1 Å². The van der Waals surface area contributed by atoms with E-state index in [1.54, 1.807) is 0 Å². The first-order valence-corrected chi connectivity index (χ1v) is 5.28. The number of hydrogen-bond acceptors (Lipinski definition) is 6. The lowest BCUT2D eigenvalue weighted by Crippen LogP contribution is -2.09. The summed E-state index contributed by atoms with van der Waals surface area (Å²) in [6, 6.07) is 1.89. The van der Waals surface area contributed by atoms with Crippen molar-refractivity contribution in [2.24, 2.45) is 0 Å². The van der Waals surface area contributed by atoms with Crippen LogP contribution in [0.5, 0.6) is 0 Å². The maximum atomic E-state index is 9.40. The third-order valence-corrected chi connectivity index (χ3v) is 2.44. The van der Waals surface area contributed by atoms with Crippen molar-refractivity contribution in [1.82, 2.24) is 10.1 Å². The molecular weight excluding hydrogens is 210 g/mol. The Hall–Kier alpha value is -1.45. The topological polar surface area (TPSA) is 92.2 Å². The second-order valence-electron chi connectivity index (χ2n) is 3.77. The van der Waals surface area contributed by atoms with Crippen LogP contribution >= 0.6 is 0 Å². The van der Waals surface area contributed by atoms with E-state index in [4.69, 9.17) is 14.5 Å². The van der Waals surface area contributed by atoms with E-state index in [9.17, 15) is 5.11 Å². The summed E-state index contributed by atoms with van der Waals surface area (Å²) >= 11 is 0. The fourth-order valence-corrected chi connectivity index (χ4v) is 1.64. The van der Waals surface area contributed by atoms with Crippen molar-refractivity contribution < 1.29 is 14.4 Å². The molecule has 1 saturated heterocycles. The minimum atomic E-state index is -0.747. The van der Waals surface area contributed by atoms with Crippen LogP contribution in [0.15, 0.2) is 4.52 Å². The fourth-order valence-electron chi connectivity index (χ4n) is 1.64. The molecule has 2 atom stereocenters. The highest BCUT2D eigenvalue weighted by molar-refractivity contribution is 4.94. The lowest BCUT2D eigenvalue weighted by atomic mass is 10.2. The molecule has 0 aromatic carbocycles. The summed E-state index contributed by atoms with van der Waals surface area (Å²) in [6.45, 7) is 0.728. The molecule has 6 heteroatoms. The van der Waals surface area contributed by atoms with E-state index < -0.39 is 6.10 Å². The number of rotatable bonds is 4. The highest BCUT2D eigenvalue weighted by Gasteiger charge is 2.23. The van der Waals surface area contributed by atoms with Gasteiger partial charge in [0.2, 0.25) is 11.7 Å². The van der Waals surface area contributed by atoms with Crippen molar-refractivity contribution >= 4 is 0 Å². The summed E-state index contributed by atoms with van der Waals surface area (Å²) in [6.07, 6.45) is 1.37. The number of hydrogen-bond donors (Lipinski definition) is 1. The molecule has 6 nitrogen and oxygen atoms in total. The van der Waals surface area contributed by atoms with E-state index in [1.807, 2.05) is 6.07 Å². The van der Waals surface area contributed by atoms with Gasteiger partial charge >= 0.3 is 0 Å². The number of aliphatic hydroxyl groups excluding tert-OH is 1. The first-order chi connectivity index (χ1) is 7.79. The summed E-state index contributed by atoms with van der Waals surface area (Å²) in [4.78, 5) is 4.14. The van der Waals surface area contributed by atoms with Crippen LogP contribution in [-0.2, 0) is 11.2 Å². The van der Waals surface area contributed by atoms with Crippen molar-refractivity contribution in [2.75, 3.05) is 6.61 Å². The summed E-state index contributed by atoms with van der Waals surface area (Å²) in [5, 5.41) is 21.6. The maximum absolute atomic E-state index is 9.40. The van der Waals surface area contributed by atoms with Crippen LogP contribution in [0.4, 0.5) is 0 Å².